The first-order valence-corrected chi connectivity index (χ1v) is 10.6. The van der Waals surface area contributed by atoms with Crippen LogP contribution in [0.3, 0.4) is 0 Å². The summed E-state index contributed by atoms with van der Waals surface area (Å²) in [5.41, 5.74) is 10.7. The summed E-state index contributed by atoms with van der Waals surface area (Å²) < 4.78 is 0. The summed E-state index contributed by atoms with van der Waals surface area (Å²) in [7, 11) is 1.57. The third-order valence-corrected chi connectivity index (χ3v) is 6.22. The maximum absolute atomic E-state index is 12.8. The number of amides is 2. The molecule has 2 amide bonds. The van der Waals surface area contributed by atoms with E-state index < -0.39 is 5.91 Å². The number of nitrogens with two attached hydrogens (primary N) is 1. The summed E-state index contributed by atoms with van der Waals surface area (Å²) in [4.78, 5) is 41.2. The monoisotopic (exact) mass is 428 g/mol. The lowest BCUT2D eigenvalue weighted by atomic mass is 9.97. The van der Waals surface area contributed by atoms with Crippen LogP contribution in [0.1, 0.15) is 34.5 Å². The number of pyridine rings is 1. The SMILES string of the molecule is Cc1cccc(-c2cnc(N3CC4(CC4)c4ccc(C(=O)N(C)CC(N)=O)cc43)nc2)n1. The van der Waals surface area contributed by atoms with Crippen molar-refractivity contribution in [2.45, 2.75) is 25.2 Å². The molecular weight excluding hydrogens is 404 g/mol. The second-order valence-electron chi connectivity index (χ2n) is 8.66. The highest BCUT2D eigenvalue weighted by atomic mass is 16.2. The van der Waals surface area contributed by atoms with Crippen LogP contribution in [-0.4, -0.2) is 51.8 Å². The first kappa shape index (κ1) is 20.1. The highest BCUT2D eigenvalue weighted by molar-refractivity contribution is 5.97. The molecule has 1 saturated carbocycles. The summed E-state index contributed by atoms with van der Waals surface area (Å²) in [6.07, 6.45) is 5.79. The van der Waals surface area contributed by atoms with E-state index in [1.165, 1.54) is 10.5 Å². The van der Waals surface area contributed by atoms with Gasteiger partial charge in [-0.3, -0.25) is 14.6 Å². The molecule has 1 spiro atoms. The number of fused-ring (bicyclic) bond motifs is 2. The molecule has 3 heterocycles. The van der Waals surface area contributed by atoms with Crippen LogP contribution in [0.2, 0.25) is 0 Å². The molecule has 3 aromatic rings. The molecule has 1 fully saturated rings. The van der Waals surface area contributed by atoms with Gasteiger partial charge in [0.25, 0.3) is 5.91 Å². The molecule has 5 rings (SSSR count). The molecule has 32 heavy (non-hydrogen) atoms. The van der Waals surface area contributed by atoms with Crippen molar-refractivity contribution in [1.82, 2.24) is 19.9 Å². The number of benzene rings is 1. The summed E-state index contributed by atoms with van der Waals surface area (Å²) in [5, 5.41) is 0. The number of aromatic nitrogens is 3. The Bertz CT molecular complexity index is 1220. The topological polar surface area (TPSA) is 105 Å². The van der Waals surface area contributed by atoms with E-state index in [2.05, 4.69) is 19.9 Å². The van der Waals surface area contributed by atoms with Crippen molar-refractivity contribution in [2.75, 3.05) is 25.0 Å². The Morgan fingerprint density at radius 3 is 2.56 bits per heavy atom. The Hall–Kier alpha value is -3.81. The molecule has 1 aliphatic heterocycles. The average Bonchev–Trinajstić information content (AvgIpc) is 3.49. The van der Waals surface area contributed by atoms with Crippen LogP contribution in [-0.2, 0) is 10.2 Å². The van der Waals surface area contributed by atoms with Crippen molar-refractivity contribution in [3.05, 3.63) is 65.6 Å². The maximum atomic E-state index is 12.8. The highest BCUT2D eigenvalue weighted by Gasteiger charge is 2.52. The number of hydrogen-bond acceptors (Lipinski definition) is 6. The molecule has 8 heteroatoms. The zero-order chi connectivity index (χ0) is 22.5. The lowest BCUT2D eigenvalue weighted by Crippen LogP contribution is -2.35. The van der Waals surface area contributed by atoms with Gasteiger partial charge >= 0.3 is 0 Å². The van der Waals surface area contributed by atoms with Gasteiger partial charge in [0.05, 0.1) is 12.2 Å². The molecule has 8 nitrogen and oxygen atoms in total. The van der Waals surface area contributed by atoms with Gasteiger partial charge in [-0.2, -0.15) is 0 Å². The normalized spacial score (nSPS) is 15.5. The third kappa shape index (κ3) is 3.47. The average molecular weight is 428 g/mol. The molecule has 162 valence electrons. The summed E-state index contributed by atoms with van der Waals surface area (Å²) >= 11 is 0. The van der Waals surface area contributed by atoms with E-state index in [1.807, 2.05) is 43.3 Å². The fourth-order valence-electron chi connectivity index (χ4n) is 4.39. The summed E-state index contributed by atoms with van der Waals surface area (Å²) in [5.74, 6) is -0.191. The predicted octanol–water partition coefficient (Wildman–Crippen LogP) is 2.59. The van der Waals surface area contributed by atoms with Gasteiger partial charge in [0.2, 0.25) is 11.9 Å². The van der Waals surface area contributed by atoms with Crippen LogP contribution in [0.25, 0.3) is 11.3 Å². The van der Waals surface area contributed by atoms with Gasteiger partial charge in [0.15, 0.2) is 0 Å². The third-order valence-electron chi connectivity index (χ3n) is 6.22. The maximum Gasteiger partial charge on any atom is 0.254 e. The first-order valence-electron chi connectivity index (χ1n) is 10.6. The fraction of sp³-hybridized carbons (Fsp3) is 0.292. The Morgan fingerprint density at radius 2 is 1.91 bits per heavy atom. The second kappa shape index (κ2) is 7.40. The van der Waals surface area contributed by atoms with E-state index >= 15 is 0 Å². The summed E-state index contributed by atoms with van der Waals surface area (Å²) in [6.45, 7) is 2.62. The van der Waals surface area contributed by atoms with Crippen molar-refractivity contribution in [3.8, 4) is 11.3 Å². The molecule has 1 aliphatic carbocycles. The molecule has 0 radical (unpaired) electrons. The fourth-order valence-corrected chi connectivity index (χ4v) is 4.39. The molecule has 0 unspecified atom stereocenters. The number of aryl methyl sites for hydroxylation is 1. The number of carbonyl (C=O) groups excluding carboxylic acids is 2. The highest BCUT2D eigenvalue weighted by Crippen LogP contribution is 2.57. The van der Waals surface area contributed by atoms with Crippen LogP contribution in [0, 0.1) is 6.92 Å². The quantitative estimate of drug-likeness (QED) is 0.670. The minimum atomic E-state index is -0.544. The van der Waals surface area contributed by atoms with Gasteiger partial charge in [0.1, 0.15) is 0 Å². The van der Waals surface area contributed by atoms with E-state index in [0.717, 1.165) is 42.0 Å². The standard InChI is InChI=1S/C24H24N6O2/c1-15-4-3-5-19(28-15)17-11-26-23(27-12-17)30-14-24(8-9-24)18-7-6-16(10-20(18)30)22(32)29(2)13-21(25)31/h3-7,10-12H,8-9,13-14H2,1-2H3,(H2,25,31). The molecule has 2 N–H and O–H groups in total. The Balaban J connectivity index is 1.47. The predicted molar refractivity (Wildman–Crippen MR) is 121 cm³/mol. The number of hydrogen-bond donors (Lipinski definition) is 1. The minimum Gasteiger partial charge on any atom is -0.368 e. The molecule has 2 aliphatic rings. The lowest BCUT2D eigenvalue weighted by Gasteiger charge is -2.19. The lowest BCUT2D eigenvalue weighted by molar-refractivity contribution is -0.118. The van der Waals surface area contributed by atoms with Crippen molar-refractivity contribution in [3.63, 3.8) is 0 Å². The number of nitrogens with zero attached hydrogens (tertiary/aromatic N) is 5. The number of rotatable bonds is 5. The Kier molecular flexibility index (Phi) is 4.65. The zero-order valence-electron chi connectivity index (χ0n) is 18.1. The van der Waals surface area contributed by atoms with Crippen molar-refractivity contribution in [2.24, 2.45) is 5.73 Å². The number of likely N-dealkylation sites (N-methyl/N-ethyl adjacent to an activating group) is 1. The van der Waals surface area contributed by atoms with Gasteiger partial charge in [-0.25, -0.2) is 9.97 Å². The van der Waals surface area contributed by atoms with Crippen molar-refractivity contribution < 1.29 is 9.59 Å². The van der Waals surface area contributed by atoms with E-state index in [-0.39, 0.29) is 17.9 Å². The molecular formula is C24H24N6O2. The minimum absolute atomic E-state index is 0.107. The molecule has 0 saturated heterocycles. The second-order valence-corrected chi connectivity index (χ2v) is 8.66. The van der Waals surface area contributed by atoms with Crippen molar-refractivity contribution in [1.29, 1.82) is 0 Å². The van der Waals surface area contributed by atoms with Crippen LogP contribution >= 0.6 is 0 Å². The van der Waals surface area contributed by atoms with Gasteiger partial charge < -0.3 is 15.5 Å². The zero-order valence-corrected chi connectivity index (χ0v) is 18.1. The van der Waals surface area contributed by atoms with E-state index in [1.54, 1.807) is 19.4 Å². The largest absolute Gasteiger partial charge is 0.368 e. The Morgan fingerprint density at radius 1 is 1.16 bits per heavy atom. The van der Waals surface area contributed by atoms with Crippen molar-refractivity contribution >= 4 is 23.5 Å². The van der Waals surface area contributed by atoms with Gasteiger partial charge in [-0.05, 0) is 49.6 Å². The first-order chi connectivity index (χ1) is 15.4. The van der Waals surface area contributed by atoms with Crippen LogP contribution in [0.5, 0.6) is 0 Å². The molecule has 0 bridgehead atoms. The van der Waals surface area contributed by atoms with Crippen LogP contribution in [0.15, 0.2) is 48.8 Å². The Labute approximate surface area is 186 Å². The van der Waals surface area contributed by atoms with Gasteiger partial charge in [0, 0.05) is 53.9 Å². The number of carbonyl (C=O) groups is 2. The number of anilines is 2. The molecule has 0 atom stereocenters. The van der Waals surface area contributed by atoms with Crippen LogP contribution in [0.4, 0.5) is 11.6 Å². The van der Waals surface area contributed by atoms with E-state index in [4.69, 9.17) is 5.73 Å². The van der Waals surface area contributed by atoms with Gasteiger partial charge in [-0.15, -0.1) is 0 Å². The molecule has 1 aromatic carbocycles. The summed E-state index contributed by atoms with van der Waals surface area (Å²) in [6, 6.07) is 11.6. The molecule has 2 aromatic heterocycles. The van der Waals surface area contributed by atoms with Gasteiger partial charge in [-0.1, -0.05) is 12.1 Å². The van der Waals surface area contributed by atoms with Crippen LogP contribution < -0.4 is 10.6 Å². The van der Waals surface area contributed by atoms with E-state index in [0.29, 0.717) is 11.5 Å². The number of primary amides is 1. The van der Waals surface area contributed by atoms with E-state index in [9.17, 15) is 9.59 Å². The smallest absolute Gasteiger partial charge is 0.254 e.